The molecule has 0 heterocycles. The molecule has 0 radical (unpaired) electrons. The fraction of sp³-hybridized carbons (Fsp3) is 0.724. The van der Waals surface area contributed by atoms with Gasteiger partial charge in [0, 0.05) is 19.3 Å². The summed E-state index contributed by atoms with van der Waals surface area (Å²) >= 11 is 0. The van der Waals surface area contributed by atoms with E-state index in [9.17, 15) is 14.4 Å². The van der Waals surface area contributed by atoms with Gasteiger partial charge in [-0.15, -0.1) is 0 Å². The lowest BCUT2D eigenvalue weighted by Gasteiger charge is -2.18. The lowest BCUT2D eigenvalue weighted by molar-refractivity contribution is -0.167. The van der Waals surface area contributed by atoms with Crippen LogP contribution in [-0.2, 0) is 28.6 Å². The van der Waals surface area contributed by atoms with Crippen LogP contribution in [0.1, 0.15) is 335 Å². The van der Waals surface area contributed by atoms with E-state index in [0.717, 1.165) is 116 Å². The molecule has 0 bridgehead atoms. The first-order valence-corrected chi connectivity index (χ1v) is 34.9. The molecule has 1 unspecified atom stereocenters. The van der Waals surface area contributed by atoms with Crippen molar-refractivity contribution in [1.82, 2.24) is 0 Å². The van der Waals surface area contributed by atoms with Crippen LogP contribution >= 0.6 is 0 Å². The number of unbranched alkanes of at least 4 members (excludes halogenated alkanes) is 34. The molecule has 0 aromatic heterocycles. The minimum atomic E-state index is -0.781. The van der Waals surface area contributed by atoms with E-state index in [0.29, 0.717) is 19.3 Å². The second-order valence-electron chi connectivity index (χ2n) is 23.1. The van der Waals surface area contributed by atoms with Gasteiger partial charge in [-0.05, 0) is 109 Å². The van der Waals surface area contributed by atoms with Crippen LogP contribution in [0.2, 0.25) is 0 Å². The van der Waals surface area contributed by atoms with Crippen LogP contribution in [0.5, 0.6) is 0 Å². The zero-order valence-electron chi connectivity index (χ0n) is 54.0. The summed E-state index contributed by atoms with van der Waals surface area (Å²) in [6, 6.07) is 0. The molecule has 0 aromatic carbocycles. The number of hydrogen-bond donors (Lipinski definition) is 0. The van der Waals surface area contributed by atoms with Crippen LogP contribution in [0.15, 0.2) is 109 Å². The Kier molecular flexibility index (Phi) is 66.2. The Morgan fingerprint density at radius 2 is 0.476 bits per heavy atom. The maximum Gasteiger partial charge on any atom is 0.306 e. The van der Waals surface area contributed by atoms with Gasteiger partial charge in [-0.3, -0.25) is 14.4 Å². The molecular formula is C76H130O6. The molecule has 0 fully saturated rings. The van der Waals surface area contributed by atoms with E-state index in [-0.39, 0.29) is 31.1 Å². The topological polar surface area (TPSA) is 78.9 Å². The van der Waals surface area contributed by atoms with Gasteiger partial charge >= 0.3 is 17.9 Å². The lowest BCUT2D eigenvalue weighted by Crippen LogP contribution is -2.30. The van der Waals surface area contributed by atoms with Gasteiger partial charge in [0.25, 0.3) is 0 Å². The van der Waals surface area contributed by atoms with E-state index < -0.39 is 6.10 Å². The van der Waals surface area contributed by atoms with E-state index in [1.807, 2.05) is 0 Å². The van der Waals surface area contributed by atoms with Crippen molar-refractivity contribution in [2.45, 2.75) is 341 Å². The van der Waals surface area contributed by atoms with Gasteiger partial charge in [-0.25, -0.2) is 0 Å². The summed E-state index contributed by atoms with van der Waals surface area (Å²) in [5, 5.41) is 0. The maximum atomic E-state index is 12.9. The van der Waals surface area contributed by atoms with Crippen LogP contribution in [0.25, 0.3) is 0 Å². The maximum absolute atomic E-state index is 12.9. The second kappa shape index (κ2) is 69.6. The van der Waals surface area contributed by atoms with E-state index in [1.54, 1.807) is 0 Å². The molecule has 0 saturated carbocycles. The van der Waals surface area contributed by atoms with E-state index in [4.69, 9.17) is 14.2 Å². The van der Waals surface area contributed by atoms with Crippen LogP contribution < -0.4 is 0 Å². The number of esters is 3. The molecule has 0 aliphatic carbocycles. The molecule has 0 rings (SSSR count). The number of carbonyl (C=O) groups excluding carboxylic acids is 3. The molecule has 470 valence electrons. The first-order chi connectivity index (χ1) is 40.5. The molecule has 6 heteroatoms. The van der Waals surface area contributed by atoms with E-state index in [2.05, 4.69) is 130 Å². The van der Waals surface area contributed by atoms with Crippen LogP contribution in [-0.4, -0.2) is 37.2 Å². The Hall–Kier alpha value is -3.93. The summed E-state index contributed by atoms with van der Waals surface area (Å²) in [7, 11) is 0. The number of rotatable bonds is 63. The number of ether oxygens (including phenoxy) is 3. The first kappa shape index (κ1) is 78.1. The van der Waals surface area contributed by atoms with Crippen molar-refractivity contribution in [2.24, 2.45) is 0 Å². The minimum Gasteiger partial charge on any atom is -0.462 e. The fourth-order valence-corrected chi connectivity index (χ4v) is 9.81. The van der Waals surface area contributed by atoms with Gasteiger partial charge in [0.2, 0.25) is 0 Å². The third-order valence-corrected chi connectivity index (χ3v) is 15.0. The van der Waals surface area contributed by atoms with Crippen LogP contribution in [0.3, 0.4) is 0 Å². The van der Waals surface area contributed by atoms with Crippen molar-refractivity contribution >= 4 is 17.9 Å². The molecule has 0 aliphatic rings. The van der Waals surface area contributed by atoms with Crippen molar-refractivity contribution < 1.29 is 28.6 Å². The molecule has 0 aliphatic heterocycles. The molecule has 0 N–H and O–H groups in total. The van der Waals surface area contributed by atoms with Crippen molar-refractivity contribution in [3.63, 3.8) is 0 Å². The van der Waals surface area contributed by atoms with Gasteiger partial charge in [0.05, 0.1) is 0 Å². The highest BCUT2D eigenvalue weighted by Gasteiger charge is 2.19. The Balaban J connectivity index is 4.12. The molecule has 0 amide bonds. The summed E-state index contributed by atoms with van der Waals surface area (Å²) in [6.45, 7) is 6.51. The predicted octanol–water partition coefficient (Wildman–Crippen LogP) is 24.2. The summed E-state index contributed by atoms with van der Waals surface area (Å²) < 4.78 is 16.9. The molecule has 6 nitrogen and oxygen atoms in total. The molecule has 0 aromatic rings. The number of allylic oxidation sites excluding steroid dienone is 18. The average molecular weight is 1140 g/mol. The van der Waals surface area contributed by atoms with Gasteiger partial charge < -0.3 is 14.2 Å². The standard InChI is InChI=1S/C76H130O6/c1-4-7-10-13-16-19-21-23-25-27-29-31-33-34-35-36-37-38-39-40-41-42-44-45-47-49-51-53-55-57-60-63-66-69-75(78)81-72-73(71-80-74(77)68-65-62-59-18-15-12-9-6-3)82-76(79)70-67-64-61-58-56-54-52-50-48-46-43-32-30-28-26-24-22-20-17-14-11-8-5-2/h7,10,16,19,22-25,28-31,34-35,37-38,43,46,73H,4-6,8-9,11-15,17-18,20-21,26-27,32-33,36,39-42,44-45,47-72H2,1-3H3/b10-7-,19-16-,24-22-,25-23-,30-28-,31-29-,35-34-,38-37-,46-43-. The monoisotopic (exact) mass is 1140 g/mol. The third-order valence-electron chi connectivity index (χ3n) is 15.0. The SMILES string of the molecule is CC/C=C\C/C=C\C/C=C\C/C=C\C/C=C\C/C=C\CCCCCCCCCCCCCCCCC(=O)OCC(COC(=O)CCCCCCCCCC)OC(=O)CCCCCCCCCC/C=C\C/C=C\C/C=C\CCCCCCC. The van der Waals surface area contributed by atoms with Gasteiger partial charge in [-0.2, -0.15) is 0 Å². The highest BCUT2D eigenvalue weighted by molar-refractivity contribution is 5.71. The highest BCUT2D eigenvalue weighted by atomic mass is 16.6. The summed E-state index contributed by atoms with van der Waals surface area (Å²) in [6.07, 6.45) is 95.6. The number of hydrogen-bond acceptors (Lipinski definition) is 6. The fourth-order valence-electron chi connectivity index (χ4n) is 9.81. The Labute approximate surface area is 508 Å². The van der Waals surface area contributed by atoms with Crippen molar-refractivity contribution in [3.05, 3.63) is 109 Å². The minimum absolute atomic E-state index is 0.0781. The summed E-state index contributed by atoms with van der Waals surface area (Å²) in [5.74, 6) is -0.879. The van der Waals surface area contributed by atoms with Crippen LogP contribution in [0, 0.1) is 0 Å². The van der Waals surface area contributed by atoms with Gasteiger partial charge in [0.15, 0.2) is 6.10 Å². The highest BCUT2D eigenvalue weighted by Crippen LogP contribution is 2.17. The molecule has 82 heavy (non-hydrogen) atoms. The molecule has 1 atom stereocenters. The molecule has 0 spiro atoms. The molecule has 0 saturated heterocycles. The largest absolute Gasteiger partial charge is 0.462 e. The Morgan fingerprint density at radius 3 is 0.744 bits per heavy atom. The Morgan fingerprint density at radius 1 is 0.256 bits per heavy atom. The van der Waals surface area contributed by atoms with Gasteiger partial charge in [-0.1, -0.05) is 316 Å². The molecular weight excluding hydrogens is 1010 g/mol. The quantitative estimate of drug-likeness (QED) is 0.0261. The zero-order valence-corrected chi connectivity index (χ0v) is 54.0. The second-order valence-corrected chi connectivity index (χ2v) is 23.1. The van der Waals surface area contributed by atoms with Crippen molar-refractivity contribution in [1.29, 1.82) is 0 Å². The smallest absolute Gasteiger partial charge is 0.306 e. The van der Waals surface area contributed by atoms with Crippen molar-refractivity contribution in [3.8, 4) is 0 Å². The first-order valence-electron chi connectivity index (χ1n) is 34.9. The predicted molar refractivity (Wildman–Crippen MR) is 357 cm³/mol. The summed E-state index contributed by atoms with van der Waals surface area (Å²) in [4.78, 5) is 38.2. The summed E-state index contributed by atoms with van der Waals surface area (Å²) in [5.41, 5.74) is 0. The average Bonchev–Trinajstić information content (AvgIpc) is 3.47. The Bertz CT molecular complexity index is 1640. The van der Waals surface area contributed by atoms with E-state index >= 15 is 0 Å². The number of carbonyl (C=O) groups is 3. The van der Waals surface area contributed by atoms with Crippen molar-refractivity contribution in [2.75, 3.05) is 13.2 Å². The normalized spacial score (nSPS) is 12.8. The third kappa shape index (κ3) is 66.9. The lowest BCUT2D eigenvalue weighted by atomic mass is 10.0. The van der Waals surface area contributed by atoms with E-state index in [1.165, 1.54) is 180 Å². The zero-order chi connectivity index (χ0) is 59.2. The van der Waals surface area contributed by atoms with Gasteiger partial charge in [0.1, 0.15) is 13.2 Å². The van der Waals surface area contributed by atoms with Crippen LogP contribution in [0.4, 0.5) is 0 Å².